The number of aryl methyl sites for hydroxylation is 1. The van der Waals surface area contributed by atoms with E-state index in [1.54, 1.807) is 19.4 Å². The van der Waals surface area contributed by atoms with Gasteiger partial charge < -0.3 is 19.2 Å². The van der Waals surface area contributed by atoms with Gasteiger partial charge in [-0.15, -0.1) is 0 Å². The molecule has 34 heavy (non-hydrogen) atoms. The van der Waals surface area contributed by atoms with E-state index in [1.165, 1.54) is 10.8 Å². The summed E-state index contributed by atoms with van der Waals surface area (Å²) in [6.07, 6.45) is 3.42. The van der Waals surface area contributed by atoms with Crippen molar-refractivity contribution < 1.29 is 18.7 Å². The van der Waals surface area contributed by atoms with E-state index in [0.29, 0.717) is 13.2 Å². The number of amides is 1. The van der Waals surface area contributed by atoms with Crippen molar-refractivity contribution in [3.63, 3.8) is 0 Å². The van der Waals surface area contributed by atoms with Crippen LogP contribution < -0.4 is 10.1 Å². The number of ether oxygens (including phenoxy) is 2. The van der Waals surface area contributed by atoms with Crippen molar-refractivity contribution in [1.82, 2.24) is 5.32 Å². The van der Waals surface area contributed by atoms with E-state index >= 15 is 0 Å². The summed E-state index contributed by atoms with van der Waals surface area (Å²) in [4.78, 5) is 12.6. The first-order valence-corrected chi connectivity index (χ1v) is 11.6. The molecule has 3 aromatic carbocycles. The number of furan rings is 1. The van der Waals surface area contributed by atoms with Crippen molar-refractivity contribution in [3.8, 4) is 16.9 Å². The lowest BCUT2D eigenvalue weighted by Gasteiger charge is -2.15. The number of hydrogen-bond donors (Lipinski definition) is 1. The molecule has 1 atom stereocenters. The van der Waals surface area contributed by atoms with Gasteiger partial charge in [-0.25, -0.2) is 0 Å². The van der Waals surface area contributed by atoms with Crippen LogP contribution in [0.25, 0.3) is 38.4 Å². The maximum absolute atomic E-state index is 12.6. The van der Waals surface area contributed by atoms with Crippen LogP contribution >= 0.6 is 0 Å². The first kappa shape index (κ1) is 23.6. The zero-order valence-electron chi connectivity index (χ0n) is 20.4. The fraction of sp³-hybridized carbons (Fsp3) is 0.276. The predicted octanol–water partition coefficient (Wildman–Crippen LogP) is 6.51. The molecule has 5 heteroatoms. The van der Waals surface area contributed by atoms with Gasteiger partial charge in [-0.2, -0.15) is 0 Å². The van der Waals surface area contributed by atoms with E-state index in [0.717, 1.165) is 44.5 Å². The van der Waals surface area contributed by atoms with Crippen LogP contribution in [0, 0.1) is 6.92 Å². The van der Waals surface area contributed by atoms with Gasteiger partial charge in [0.1, 0.15) is 11.3 Å². The second-order valence-electron chi connectivity index (χ2n) is 8.59. The fourth-order valence-corrected chi connectivity index (χ4v) is 4.37. The van der Waals surface area contributed by atoms with Gasteiger partial charge in [0.15, 0.2) is 0 Å². The van der Waals surface area contributed by atoms with Crippen molar-refractivity contribution in [2.24, 2.45) is 0 Å². The van der Waals surface area contributed by atoms with E-state index < -0.39 is 0 Å². The average molecular weight is 458 g/mol. The predicted molar refractivity (Wildman–Crippen MR) is 138 cm³/mol. The van der Waals surface area contributed by atoms with Crippen LogP contribution in [0.4, 0.5) is 0 Å². The number of carbonyl (C=O) groups excluding carboxylic acids is 1. The third-order valence-corrected chi connectivity index (χ3v) is 5.97. The number of methoxy groups -OCH3 is 1. The van der Waals surface area contributed by atoms with Crippen LogP contribution in [-0.4, -0.2) is 32.3 Å². The van der Waals surface area contributed by atoms with Gasteiger partial charge in [0, 0.05) is 41.3 Å². The zero-order valence-corrected chi connectivity index (χ0v) is 20.4. The summed E-state index contributed by atoms with van der Waals surface area (Å²) in [7, 11) is 1.62. The van der Waals surface area contributed by atoms with Crippen LogP contribution in [-0.2, 0) is 9.53 Å². The first-order chi connectivity index (χ1) is 16.4. The maximum Gasteiger partial charge on any atom is 0.244 e. The van der Waals surface area contributed by atoms with E-state index in [4.69, 9.17) is 13.9 Å². The van der Waals surface area contributed by atoms with Crippen molar-refractivity contribution >= 4 is 33.2 Å². The van der Waals surface area contributed by atoms with Crippen LogP contribution in [0.1, 0.15) is 31.9 Å². The second kappa shape index (κ2) is 10.1. The normalized spacial score (nSPS) is 12.8. The Balaban J connectivity index is 1.81. The van der Waals surface area contributed by atoms with Crippen LogP contribution in [0.3, 0.4) is 0 Å². The molecule has 0 spiro atoms. The van der Waals surface area contributed by atoms with Crippen molar-refractivity contribution in [3.05, 3.63) is 72.0 Å². The standard InChI is InChI=1S/C29H31NO4/c1-6-33-28-20(4)29-25(15-24(28)18(2)13-27(31)30-19(3)16-32-5)26(17-34-29)23-12-11-21-9-7-8-10-22(21)14-23/h7-15,17,19H,6,16H2,1-5H3,(H,30,31)/b18-13+. The fourth-order valence-electron chi connectivity index (χ4n) is 4.37. The quantitative estimate of drug-likeness (QED) is 0.306. The highest BCUT2D eigenvalue weighted by Gasteiger charge is 2.19. The lowest BCUT2D eigenvalue weighted by molar-refractivity contribution is -0.117. The Morgan fingerprint density at radius 1 is 1.15 bits per heavy atom. The number of benzene rings is 3. The molecular formula is C29H31NO4. The summed E-state index contributed by atoms with van der Waals surface area (Å²) in [5.41, 5.74) is 5.51. The molecule has 0 saturated carbocycles. The first-order valence-electron chi connectivity index (χ1n) is 11.6. The van der Waals surface area contributed by atoms with Crippen LogP contribution in [0.2, 0.25) is 0 Å². The molecule has 0 fully saturated rings. The molecule has 5 nitrogen and oxygen atoms in total. The van der Waals surface area contributed by atoms with E-state index in [2.05, 4.69) is 41.7 Å². The Morgan fingerprint density at radius 2 is 1.91 bits per heavy atom. The lowest BCUT2D eigenvalue weighted by atomic mass is 9.95. The topological polar surface area (TPSA) is 60.7 Å². The molecule has 4 aromatic rings. The third-order valence-electron chi connectivity index (χ3n) is 5.97. The monoisotopic (exact) mass is 457 g/mol. The molecule has 1 unspecified atom stereocenters. The Kier molecular flexibility index (Phi) is 7.03. The van der Waals surface area contributed by atoms with Crippen molar-refractivity contribution in [2.45, 2.75) is 33.7 Å². The Morgan fingerprint density at radius 3 is 2.65 bits per heavy atom. The highest BCUT2D eigenvalue weighted by molar-refractivity contribution is 6.02. The Hall–Kier alpha value is -3.57. The molecule has 0 bridgehead atoms. The Labute approximate surface area is 200 Å². The van der Waals surface area contributed by atoms with E-state index in [9.17, 15) is 4.79 Å². The number of nitrogens with one attached hydrogen (secondary N) is 1. The van der Waals surface area contributed by atoms with Crippen molar-refractivity contribution in [1.29, 1.82) is 0 Å². The van der Waals surface area contributed by atoms with Crippen molar-refractivity contribution in [2.75, 3.05) is 20.3 Å². The smallest absolute Gasteiger partial charge is 0.244 e. The van der Waals surface area contributed by atoms with Crippen LogP contribution in [0.5, 0.6) is 5.75 Å². The summed E-state index contributed by atoms with van der Waals surface area (Å²) in [6.45, 7) is 8.76. The summed E-state index contributed by atoms with van der Waals surface area (Å²) in [5.74, 6) is 0.574. The summed E-state index contributed by atoms with van der Waals surface area (Å²) in [6, 6.07) is 16.7. The second-order valence-corrected chi connectivity index (χ2v) is 8.59. The van der Waals surface area contributed by atoms with E-state index in [-0.39, 0.29) is 11.9 Å². The molecular weight excluding hydrogens is 426 g/mol. The van der Waals surface area contributed by atoms with Gasteiger partial charge in [-0.1, -0.05) is 36.4 Å². The number of hydrogen-bond acceptors (Lipinski definition) is 4. The third kappa shape index (κ3) is 4.70. The minimum atomic E-state index is -0.163. The van der Waals surface area contributed by atoms with E-state index in [1.807, 2.05) is 39.8 Å². The molecule has 0 aliphatic rings. The molecule has 1 amide bonds. The number of allylic oxidation sites excluding steroid dienone is 1. The molecule has 0 aliphatic carbocycles. The van der Waals surface area contributed by atoms with Gasteiger partial charge in [0.25, 0.3) is 0 Å². The number of rotatable bonds is 8. The van der Waals surface area contributed by atoms with Gasteiger partial charge in [-0.3, -0.25) is 4.79 Å². The molecule has 0 saturated heterocycles. The summed E-state index contributed by atoms with van der Waals surface area (Å²) >= 11 is 0. The zero-order chi connectivity index (χ0) is 24.2. The molecule has 4 rings (SSSR count). The average Bonchev–Trinajstić information content (AvgIpc) is 3.24. The Bertz CT molecular complexity index is 1370. The minimum Gasteiger partial charge on any atom is -0.493 e. The van der Waals surface area contributed by atoms with Gasteiger partial charge >= 0.3 is 0 Å². The molecule has 176 valence electrons. The van der Waals surface area contributed by atoms with Gasteiger partial charge in [0.05, 0.1) is 19.5 Å². The maximum atomic E-state index is 12.6. The van der Waals surface area contributed by atoms with Gasteiger partial charge in [0.2, 0.25) is 5.91 Å². The molecule has 0 aliphatic heterocycles. The number of carbonyl (C=O) groups is 1. The van der Waals surface area contributed by atoms with Crippen LogP contribution in [0.15, 0.2) is 65.3 Å². The largest absolute Gasteiger partial charge is 0.493 e. The molecule has 1 heterocycles. The highest BCUT2D eigenvalue weighted by atomic mass is 16.5. The lowest BCUT2D eigenvalue weighted by Crippen LogP contribution is -2.34. The molecule has 0 radical (unpaired) electrons. The highest BCUT2D eigenvalue weighted by Crippen LogP contribution is 2.41. The number of fused-ring (bicyclic) bond motifs is 2. The molecule has 1 N–H and O–H groups in total. The summed E-state index contributed by atoms with van der Waals surface area (Å²) < 4.78 is 17.2. The van der Waals surface area contributed by atoms with Gasteiger partial charge in [-0.05, 0) is 61.7 Å². The summed E-state index contributed by atoms with van der Waals surface area (Å²) in [5, 5.41) is 6.30. The molecule has 1 aromatic heterocycles. The SMILES string of the molecule is CCOc1c(/C(C)=C/C(=O)NC(C)COC)cc2c(-c3ccc4ccccc4c3)coc2c1C. The minimum absolute atomic E-state index is 0.0782.